The molecule has 3 rings (SSSR count). The van der Waals surface area contributed by atoms with Crippen molar-refractivity contribution in [3.8, 4) is 0 Å². The summed E-state index contributed by atoms with van der Waals surface area (Å²) in [6, 6.07) is 1.26. The van der Waals surface area contributed by atoms with Crippen molar-refractivity contribution in [2.45, 2.75) is 70.0 Å². The second kappa shape index (κ2) is 5.45. The second-order valence-electron chi connectivity index (χ2n) is 6.62. The second-order valence-corrected chi connectivity index (χ2v) is 6.62. The normalized spacial score (nSPS) is 33.3. The number of nitrogens with zero attached hydrogens (tertiary/aromatic N) is 3. The minimum Gasteiger partial charge on any atom is -0.338 e. The molecule has 0 aromatic carbocycles. The average molecular weight is 278 g/mol. The Hall–Kier alpha value is -0.940. The SMILES string of the molecule is CCC(C)C(N)c1nc(C2CC3CCC(C2)N3C)no1. The molecule has 0 amide bonds. The summed E-state index contributed by atoms with van der Waals surface area (Å²) in [4.78, 5) is 7.13. The van der Waals surface area contributed by atoms with E-state index in [2.05, 4.69) is 35.9 Å². The van der Waals surface area contributed by atoms with Gasteiger partial charge in [0.2, 0.25) is 5.89 Å². The molecule has 2 bridgehead atoms. The van der Waals surface area contributed by atoms with Crippen molar-refractivity contribution in [3.63, 3.8) is 0 Å². The van der Waals surface area contributed by atoms with E-state index in [1.165, 1.54) is 12.8 Å². The van der Waals surface area contributed by atoms with Crippen LogP contribution in [0.3, 0.4) is 0 Å². The third kappa shape index (κ3) is 2.37. The molecule has 0 aliphatic carbocycles. The van der Waals surface area contributed by atoms with Crippen LogP contribution >= 0.6 is 0 Å². The Bertz CT molecular complexity index is 446. The van der Waals surface area contributed by atoms with Crippen LogP contribution in [0.25, 0.3) is 0 Å². The van der Waals surface area contributed by atoms with Gasteiger partial charge in [0.25, 0.3) is 0 Å². The van der Waals surface area contributed by atoms with E-state index < -0.39 is 0 Å². The predicted octanol–water partition coefficient (Wildman–Crippen LogP) is 2.46. The van der Waals surface area contributed by atoms with Crippen LogP contribution in [-0.4, -0.2) is 34.2 Å². The Kier molecular flexibility index (Phi) is 3.82. The molecule has 3 heterocycles. The molecule has 2 aliphatic heterocycles. The first-order valence-electron chi connectivity index (χ1n) is 7.91. The Morgan fingerprint density at radius 1 is 1.35 bits per heavy atom. The van der Waals surface area contributed by atoms with Gasteiger partial charge in [-0.1, -0.05) is 25.4 Å². The van der Waals surface area contributed by atoms with Gasteiger partial charge < -0.3 is 15.2 Å². The molecule has 0 saturated carbocycles. The van der Waals surface area contributed by atoms with Gasteiger partial charge in [-0.25, -0.2) is 0 Å². The fourth-order valence-corrected chi connectivity index (χ4v) is 3.67. The lowest BCUT2D eigenvalue weighted by atomic mass is 9.90. The summed E-state index contributed by atoms with van der Waals surface area (Å²) in [5, 5.41) is 4.21. The van der Waals surface area contributed by atoms with Crippen molar-refractivity contribution in [1.29, 1.82) is 0 Å². The highest BCUT2D eigenvalue weighted by Crippen LogP contribution is 2.41. The van der Waals surface area contributed by atoms with Gasteiger partial charge in [-0.2, -0.15) is 4.98 Å². The Morgan fingerprint density at radius 2 is 2.00 bits per heavy atom. The van der Waals surface area contributed by atoms with Gasteiger partial charge >= 0.3 is 0 Å². The van der Waals surface area contributed by atoms with Gasteiger partial charge in [-0.3, -0.25) is 0 Å². The maximum atomic E-state index is 6.18. The molecule has 5 heteroatoms. The largest absolute Gasteiger partial charge is 0.338 e. The van der Waals surface area contributed by atoms with Crippen molar-refractivity contribution in [3.05, 3.63) is 11.7 Å². The van der Waals surface area contributed by atoms with Crippen LogP contribution in [0.2, 0.25) is 0 Å². The van der Waals surface area contributed by atoms with E-state index in [-0.39, 0.29) is 6.04 Å². The van der Waals surface area contributed by atoms with Crippen LogP contribution in [0.4, 0.5) is 0 Å². The van der Waals surface area contributed by atoms with E-state index in [0.717, 1.165) is 25.1 Å². The predicted molar refractivity (Wildman–Crippen MR) is 77.2 cm³/mol. The van der Waals surface area contributed by atoms with Crippen molar-refractivity contribution in [1.82, 2.24) is 15.0 Å². The molecule has 4 unspecified atom stereocenters. The third-order valence-corrected chi connectivity index (χ3v) is 5.46. The molecule has 0 spiro atoms. The lowest BCUT2D eigenvalue weighted by Gasteiger charge is -2.34. The topological polar surface area (TPSA) is 68.2 Å². The summed E-state index contributed by atoms with van der Waals surface area (Å²) in [5.41, 5.74) is 6.18. The zero-order valence-electron chi connectivity index (χ0n) is 12.7. The van der Waals surface area contributed by atoms with Gasteiger partial charge in [-0.15, -0.1) is 0 Å². The van der Waals surface area contributed by atoms with E-state index in [0.29, 0.717) is 29.8 Å². The highest BCUT2D eigenvalue weighted by Gasteiger charge is 2.40. The Balaban J connectivity index is 1.71. The van der Waals surface area contributed by atoms with E-state index in [4.69, 9.17) is 10.3 Å². The highest BCUT2D eigenvalue weighted by molar-refractivity contribution is 5.06. The van der Waals surface area contributed by atoms with E-state index in [1.54, 1.807) is 0 Å². The van der Waals surface area contributed by atoms with Gasteiger partial charge in [0.15, 0.2) is 5.82 Å². The molecule has 2 N–H and O–H groups in total. The van der Waals surface area contributed by atoms with Crippen molar-refractivity contribution in [2.75, 3.05) is 7.05 Å². The lowest BCUT2D eigenvalue weighted by molar-refractivity contribution is 0.157. The first-order chi connectivity index (χ1) is 9.60. The van der Waals surface area contributed by atoms with Crippen LogP contribution < -0.4 is 5.73 Å². The Labute approximate surface area is 120 Å². The van der Waals surface area contributed by atoms with Crippen LogP contribution in [0.5, 0.6) is 0 Å². The zero-order chi connectivity index (χ0) is 14.3. The molecular formula is C15H26N4O. The number of fused-ring (bicyclic) bond motifs is 2. The van der Waals surface area contributed by atoms with Crippen LogP contribution in [-0.2, 0) is 0 Å². The fraction of sp³-hybridized carbons (Fsp3) is 0.867. The van der Waals surface area contributed by atoms with Crippen LogP contribution in [0, 0.1) is 5.92 Å². The van der Waals surface area contributed by atoms with Gasteiger partial charge in [-0.05, 0) is 38.6 Å². The molecule has 4 atom stereocenters. The van der Waals surface area contributed by atoms with Gasteiger partial charge in [0, 0.05) is 18.0 Å². The smallest absolute Gasteiger partial charge is 0.243 e. The van der Waals surface area contributed by atoms with Crippen molar-refractivity contribution in [2.24, 2.45) is 11.7 Å². The summed E-state index contributed by atoms with van der Waals surface area (Å²) in [7, 11) is 2.25. The average Bonchev–Trinajstić information content (AvgIpc) is 3.00. The van der Waals surface area contributed by atoms with E-state index in [9.17, 15) is 0 Å². The monoisotopic (exact) mass is 278 g/mol. The van der Waals surface area contributed by atoms with Crippen LogP contribution in [0.1, 0.15) is 69.6 Å². The van der Waals surface area contributed by atoms with Crippen molar-refractivity contribution < 1.29 is 4.52 Å². The molecule has 1 aromatic heterocycles. The van der Waals surface area contributed by atoms with E-state index in [1.807, 2.05) is 0 Å². The zero-order valence-corrected chi connectivity index (χ0v) is 12.7. The van der Waals surface area contributed by atoms with Crippen LogP contribution in [0.15, 0.2) is 4.52 Å². The number of rotatable bonds is 4. The molecule has 0 radical (unpaired) electrons. The lowest BCUT2D eigenvalue weighted by Crippen LogP contribution is -2.39. The maximum absolute atomic E-state index is 6.18. The Morgan fingerprint density at radius 3 is 2.60 bits per heavy atom. The fourth-order valence-electron chi connectivity index (χ4n) is 3.67. The maximum Gasteiger partial charge on any atom is 0.243 e. The van der Waals surface area contributed by atoms with Crippen molar-refractivity contribution >= 4 is 0 Å². The van der Waals surface area contributed by atoms with E-state index >= 15 is 0 Å². The first kappa shape index (κ1) is 14.0. The summed E-state index contributed by atoms with van der Waals surface area (Å²) < 4.78 is 5.42. The highest BCUT2D eigenvalue weighted by atomic mass is 16.5. The number of hydrogen-bond acceptors (Lipinski definition) is 5. The quantitative estimate of drug-likeness (QED) is 0.916. The number of hydrogen-bond donors (Lipinski definition) is 1. The van der Waals surface area contributed by atoms with Gasteiger partial charge in [0.05, 0.1) is 6.04 Å². The molecule has 5 nitrogen and oxygen atoms in total. The minimum absolute atomic E-state index is 0.135. The molecule has 20 heavy (non-hydrogen) atoms. The molecule has 2 saturated heterocycles. The molecule has 2 aliphatic rings. The summed E-state index contributed by atoms with van der Waals surface area (Å²) in [5.74, 6) is 2.31. The molecule has 112 valence electrons. The molecular weight excluding hydrogens is 252 g/mol. The number of piperidine rings is 1. The first-order valence-corrected chi connectivity index (χ1v) is 7.91. The molecule has 2 fully saturated rings. The summed E-state index contributed by atoms with van der Waals surface area (Å²) in [6.45, 7) is 4.26. The summed E-state index contributed by atoms with van der Waals surface area (Å²) in [6.07, 6.45) is 5.97. The summed E-state index contributed by atoms with van der Waals surface area (Å²) >= 11 is 0. The number of aromatic nitrogens is 2. The standard InChI is InChI=1S/C15H26N4O/c1-4-9(2)13(16)15-17-14(18-20-15)10-7-11-5-6-12(8-10)19(11)3/h9-13H,4-8,16H2,1-3H3. The minimum atomic E-state index is -0.135. The number of nitrogens with two attached hydrogens (primary N) is 1. The molecule has 1 aromatic rings. The van der Waals surface area contributed by atoms with Gasteiger partial charge in [0.1, 0.15) is 0 Å². The third-order valence-electron chi connectivity index (χ3n) is 5.46.